The highest BCUT2D eigenvalue weighted by atomic mass is 35.5. The summed E-state index contributed by atoms with van der Waals surface area (Å²) < 4.78 is 27.4. The summed E-state index contributed by atoms with van der Waals surface area (Å²) in [6.45, 7) is 1.83. The first-order chi connectivity index (χ1) is 20.1. The zero-order valence-corrected chi connectivity index (χ0v) is 25.8. The number of amides is 2. The van der Waals surface area contributed by atoms with Gasteiger partial charge >= 0.3 is 0 Å². The fourth-order valence-corrected chi connectivity index (χ4v) is 6.10. The molecule has 4 aromatic carbocycles. The van der Waals surface area contributed by atoms with Gasteiger partial charge in [0.05, 0.1) is 11.9 Å². The number of hydrogen-bond acceptors (Lipinski definition) is 4. The first-order valence-electron chi connectivity index (χ1n) is 13.6. The summed E-state index contributed by atoms with van der Waals surface area (Å²) in [6.07, 6.45) is 2.00. The molecule has 0 heterocycles. The minimum absolute atomic E-state index is 0.0287. The zero-order chi connectivity index (χ0) is 30.3. The molecule has 4 rings (SSSR count). The maximum atomic E-state index is 14.3. The Kier molecular flexibility index (Phi) is 10.5. The van der Waals surface area contributed by atoms with E-state index < -0.39 is 28.5 Å². The van der Waals surface area contributed by atoms with Gasteiger partial charge in [-0.15, -0.1) is 0 Å². The Morgan fingerprint density at radius 2 is 1.60 bits per heavy atom. The molecule has 4 aromatic rings. The minimum Gasteiger partial charge on any atom is -0.354 e. The summed E-state index contributed by atoms with van der Waals surface area (Å²) in [7, 11) is -3.90. The largest absolute Gasteiger partial charge is 0.354 e. The third-order valence-corrected chi connectivity index (χ3v) is 8.60. The molecule has 0 unspecified atom stereocenters. The lowest BCUT2D eigenvalue weighted by atomic mass is 10.0. The van der Waals surface area contributed by atoms with Crippen LogP contribution >= 0.6 is 23.2 Å². The summed E-state index contributed by atoms with van der Waals surface area (Å²) in [5, 5.41) is 5.21. The summed E-state index contributed by atoms with van der Waals surface area (Å²) >= 11 is 12.6. The Balaban J connectivity index is 1.79. The lowest BCUT2D eigenvalue weighted by molar-refractivity contribution is -0.140. The molecule has 1 N–H and O–H groups in total. The number of benzene rings is 4. The summed E-state index contributed by atoms with van der Waals surface area (Å²) in [5.74, 6) is -0.887. The monoisotopic (exact) mass is 625 g/mol. The number of nitrogens with zero attached hydrogens (tertiary/aromatic N) is 2. The first kappa shape index (κ1) is 31.3. The molecule has 7 nitrogen and oxygen atoms in total. The van der Waals surface area contributed by atoms with Crippen LogP contribution in [0.3, 0.4) is 0 Å². The molecule has 0 aliphatic rings. The molecule has 10 heteroatoms. The van der Waals surface area contributed by atoms with Crippen molar-refractivity contribution in [1.82, 2.24) is 10.2 Å². The smallest absolute Gasteiger partial charge is 0.244 e. The quantitative estimate of drug-likeness (QED) is 0.207. The number of carbonyl (C=O) groups is 2. The first-order valence-corrected chi connectivity index (χ1v) is 16.2. The van der Waals surface area contributed by atoms with Crippen LogP contribution in [-0.4, -0.2) is 50.5 Å². The van der Waals surface area contributed by atoms with Gasteiger partial charge in [0.2, 0.25) is 21.8 Å². The van der Waals surface area contributed by atoms with Gasteiger partial charge in [-0.05, 0) is 41.1 Å². The van der Waals surface area contributed by atoms with E-state index in [1.807, 2.05) is 67.6 Å². The van der Waals surface area contributed by atoms with E-state index in [2.05, 4.69) is 5.32 Å². The number of rotatable bonds is 12. The Bertz CT molecular complexity index is 1660. The van der Waals surface area contributed by atoms with E-state index in [-0.39, 0.29) is 18.9 Å². The Labute approximate surface area is 257 Å². The number of nitrogens with one attached hydrogen (secondary N) is 1. The molecule has 0 bridgehead atoms. The average molecular weight is 627 g/mol. The second-order valence-electron chi connectivity index (χ2n) is 10.0. The van der Waals surface area contributed by atoms with Gasteiger partial charge in [-0.2, -0.15) is 0 Å². The second kappa shape index (κ2) is 14.1. The molecule has 0 aromatic heterocycles. The Hall–Kier alpha value is -3.59. The van der Waals surface area contributed by atoms with E-state index in [9.17, 15) is 18.0 Å². The highest BCUT2D eigenvalue weighted by Gasteiger charge is 2.33. The fraction of sp³-hybridized carbons (Fsp3) is 0.250. The average Bonchev–Trinajstić information content (AvgIpc) is 2.97. The molecule has 0 aliphatic heterocycles. The van der Waals surface area contributed by atoms with Gasteiger partial charge in [-0.25, -0.2) is 8.42 Å². The highest BCUT2D eigenvalue weighted by Crippen LogP contribution is 2.29. The summed E-state index contributed by atoms with van der Waals surface area (Å²) in [4.78, 5) is 29.3. The normalized spacial score (nSPS) is 12.1. The van der Waals surface area contributed by atoms with Crippen molar-refractivity contribution in [3.63, 3.8) is 0 Å². The molecular weight excluding hydrogens is 593 g/mol. The molecule has 42 heavy (non-hydrogen) atoms. The van der Waals surface area contributed by atoms with Gasteiger partial charge < -0.3 is 10.2 Å². The van der Waals surface area contributed by atoms with Gasteiger partial charge in [-0.1, -0.05) is 103 Å². The number of sulfonamides is 1. The van der Waals surface area contributed by atoms with Crippen molar-refractivity contribution in [2.45, 2.75) is 32.4 Å². The topological polar surface area (TPSA) is 86.8 Å². The van der Waals surface area contributed by atoms with Gasteiger partial charge in [0.1, 0.15) is 12.6 Å². The molecule has 220 valence electrons. The third kappa shape index (κ3) is 7.82. The summed E-state index contributed by atoms with van der Waals surface area (Å²) in [5.41, 5.74) is 1.80. The van der Waals surface area contributed by atoms with Crippen LogP contribution in [0, 0.1) is 0 Å². The predicted molar refractivity (Wildman–Crippen MR) is 170 cm³/mol. The van der Waals surface area contributed by atoms with Crippen LogP contribution < -0.4 is 9.62 Å². The molecule has 1 atom stereocenters. The van der Waals surface area contributed by atoms with Crippen molar-refractivity contribution in [1.29, 1.82) is 0 Å². The number of halogens is 2. The van der Waals surface area contributed by atoms with Crippen LogP contribution in [0.15, 0.2) is 91.0 Å². The second-order valence-corrected chi connectivity index (χ2v) is 12.8. The van der Waals surface area contributed by atoms with Crippen LogP contribution in [0.25, 0.3) is 10.8 Å². The van der Waals surface area contributed by atoms with Crippen LogP contribution in [0.5, 0.6) is 0 Å². The molecule has 2 amide bonds. The van der Waals surface area contributed by atoms with E-state index in [0.717, 1.165) is 21.5 Å². The van der Waals surface area contributed by atoms with E-state index in [4.69, 9.17) is 23.2 Å². The molecule has 0 radical (unpaired) electrons. The van der Waals surface area contributed by atoms with Crippen molar-refractivity contribution in [2.75, 3.05) is 23.7 Å². The van der Waals surface area contributed by atoms with Gasteiger partial charge in [0.25, 0.3) is 0 Å². The van der Waals surface area contributed by atoms with Crippen molar-refractivity contribution in [3.05, 3.63) is 112 Å². The SMILES string of the molecule is CCCNC(=O)[C@@H](Cc1ccccc1)N(Cc1ccc(Cl)cc1Cl)C(=O)CN(c1cccc2ccccc12)S(C)(=O)=O. The van der Waals surface area contributed by atoms with Gasteiger partial charge in [0, 0.05) is 34.9 Å². The molecular formula is C32H33Cl2N3O4S. The predicted octanol–water partition coefficient (Wildman–Crippen LogP) is 6.08. The van der Waals surface area contributed by atoms with E-state index in [1.165, 1.54) is 4.90 Å². The standard InChI is InChI=1S/C32H33Cl2N3O4S/c1-3-18-35-32(39)30(19-23-10-5-4-6-11-23)36(21-25-16-17-26(33)20-28(25)34)31(38)22-37(42(2,40)41)29-15-9-13-24-12-7-8-14-27(24)29/h4-17,20,30H,3,18-19,21-22H2,1-2H3,(H,35,39)/t30-/m1/s1. The number of anilines is 1. The zero-order valence-electron chi connectivity index (χ0n) is 23.5. The molecule has 0 saturated heterocycles. The molecule has 0 fully saturated rings. The van der Waals surface area contributed by atoms with Gasteiger partial charge in [-0.3, -0.25) is 13.9 Å². The van der Waals surface area contributed by atoms with Crippen LogP contribution in [0.1, 0.15) is 24.5 Å². The molecule has 0 aliphatic carbocycles. The highest BCUT2D eigenvalue weighted by molar-refractivity contribution is 7.92. The van der Waals surface area contributed by atoms with E-state index in [1.54, 1.807) is 30.3 Å². The maximum Gasteiger partial charge on any atom is 0.244 e. The van der Waals surface area contributed by atoms with Crippen molar-refractivity contribution in [3.8, 4) is 0 Å². The summed E-state index contributed by atoms with van der Waals surface area (Å²) in [6, 6.07) is 26.1. The van der Waals surface area contributed by atoms with E-state index in [0.29, 0.717) is 39.6 Å². The maximum absolute atomic E-state index is 14.3. The Morgan fingerprint density at radius 1 is 0.905 bits per heavy atom. The van der Waals surface area contributed by atoms with Crippen LogP contribution in [0.4, 0.5) is 5.69 Å². The lowest BCUT2D eigenvalue weighted by Crippen LogP contribution is -2.53. The van der Waals surface area contributed by atoms with Crippen molar-refractivity contribution in [2.24, 2.45) is 0 Å². The number of fused-ring (bicyclic) bond motifs is 1. The van der Waals surface area contributed by atoms with Crippen molar-refractivity contribution >= 4 is 61.5 Å². The molecule has 0 spiro atoms. The molecule has 0 saturated carbocycles. The van der Waals surface area contributed by atoms with Crippen LogP contribution in [0.2, 0.25) is 10.0 Å². The van der Waals surface area contributed by atoms with E-state index >= 15 is 0 Å². The van der Waals surface area contributed by atoms with Crippen molar-refractivity contribution < 1.29 is 18.0 Å². The lowest BCUT2D eigenvalue weighted by Gasteiger charge is -2.34. The number of carbonyl (C=O) groups excluding carboxylic acids is 2. The fourth-order valence-electron chi connectivity index (χ4n) is 4.77. The van der Waals surface area contributed by atoms with Gasteiger partial charge in [0.15, 0.2) is 0 Å². The minimum atomic E-state index is -3.90. The van der Waals surface area contributed by atoms with Crippen LogP contribution in [-0.2, 0) is 32.6 Å². The third-order valence-electron chi connectivity index (χ3n) is 6.89. The number of hydrogen-bond donors (Lipinski definition) is 1. The Morgan fingerprint density at radius 3 is 2.29 bits per heavy atom.